The van der Waals surface area contributed by atoms with Crippen molar-refractivity contribution in [2.75, 3.05) is 13.1 Å². The van der Waals surface area contributed by atoms with E-state index in [1.165, 1.54) is 5.01 Å². The number of hydrogen-bond acceptors (Lipinski definition) is 6. The summed E-state index contributed by atoms with van der Waals surface area (Å²) < 4.78 is 0. The maximum absolute atomic E-state index is 13.8. The molecule has 1 aromatic heterocycles. The van der Waals surface area contributed by atoms with E-state index >= 15 is 0 Å². The lowest BCUT2D eigenvalue weighted by Crippen LogP contribution is -2.62. The van der Waals surface area contributed by atoms with Gasteiger partial charge < -0.3 is 15.5 Å². The number of nitrogens with zero attached hydrogens (tertiary/aromatic N) is 3. The summed E-state index contributed by atoms with van der Waals surface area (Å²) in [5.41, 5.74) is 5.36. The number of pyridine rings is 1. The second-order valence-electron chi connectivity index (χ2n) is 13.2. The van der Waals surface area contributed by atoms with Gasteiger partial charge in [0.05, 0.1) is 17.3 Å². The highest BCUT2D eigenvalue weighted by Gasteiger charge is 2.38. The van der Waals surface area contributed by atoms with E-state index < -0.39 is 29.4 Å². The molecule has 43 heavy (non-hydrogen) atoms. The van der Waals surface area contributed by atoms with E-state index in [4.69, 9.17) is 4.98 Å². The number of nitrogens with one attached hydrogen (secondary N) is 3. The summed E-state index contributed by atoms with van der Waals surface area (Å²) in [5.74, 6) is -1.20. The maximum Gasteiger partial charge on any atom is 0.258 e. The molecule has 0 radical (unpaired) electrons. The molecule has 1 aromatic carbocycles. The number of allylic oxidation sites excluding steroid dienone is 1. The molecule has 3 N–H and O–H groups in total. The molecule has 0 aliphatic carbocycles. The normalized spacial score (nSPS) is 28.0. The number of aromatic nitrogens is 1. The van der Waals surface area contributed by atoms with E-state index in [-0.39, 0.29) is 36.1 Å². The lowest BCUT2D eigenvalue weighted by Gasteiger charge is -2.37. The number of fused-ring (bicyclic) bond motifs is 6. The van der Waals surface area contributed by atoms with Crippen molar-refractivity contribution < 1.29 is 19.2 Å². The average Bonchev–Trinajstić information content (AvgIpc) is 3.47. The van der Waals surface area contributed by atoms with Crippen molar-refractivity contribution in [1.29, 1.82) is 0 Å². The van der Waals surface area contributed by atoms with E-state index in [1.54, 1.807) is 6.92 Å². The Hall–Kier alpha value is -3.79. The highest BCUT2D eigenvalue weighted by Crippen LogP contribution is 2.33. The number of amides is 4. The molecule has 10 heteroatoms. The summed E-state index contributed by atoms with van der Waals surface area (Å²) in [7, 11) is 0. The van der Waals surface area contributed by atoms with Gasteiger partial charge in [0, 0.05) is 24.9 Å². The van der Waals surface area contributed by atoms with Gasteiger partial charge in [-0.1, -0.05) is 58.0 Å². The number of benzene rings is 1. The molecule has 4 atom stereocenters. The Labute approximate surface area is 253 Å². The molecule has 5 bridgehead atoms. The minimum atomic E-state index is -0.839. The van der Waals surface area contributed by atoms with Crippen LogP contribution in [0.15, 0.2) is 36.4 Å². The van der Waals surface area contributed by atoms with Crippen molar-refractivity contribution in [3.05, 3.63) is 47.7 Å². The largest absolute Gasteiger partial charge is 0.344 e. The first kappa shape index (κ1) is 30.7. The second-order valence-corrected chi connectivity index (χ2v) is 13.2. The number of hydrazine groups is 1. The second kappa shape index (κ2) is 12.4. The Bertz CT molecular complexity index is 1440. The first-order chi connectivity index (χ1) is 20.4. The van der Waals surface area contributed by atoms with Crippen molar-refractivity contribution in [1.82, 2.24) is 31.0 Å². The third kappa shape index (κ3) is 6.90. The molecular formula is C33H44N6O4. The van der Waals surface area contributed by atoms with Gasteiger partial charge in [-0.15, -0.1) is 0 Å². The van der Waals surface area contributed by atoms with Gasteiger partial charge in [0.1, 0.15) is 18.1 Å². The Morgan fingerprint density at radius 2 is 1.70 bits per heavy atom. The van der Waals surface area contributed by atoms with Gasteiger partial charge >= 0.3 is 0 Å². The SMILES string of the molecule is CC(C)[C@@H]1NC(=O)CC(C)(C)/C=C/c2ccc3ccc(nc3c2)[C@H]2CCCN2C(=O)[C@@H]2CCCN(N2)C(=O)[C@H](C)NC1=O. The fraction of sp³-hybridized carbons (Fsp3) is 0.545. The van der Waals surface area contributed by atoms with Gasteiger partial charge in [0.25, 0.3) is 5.91 Å². The predicted molar refractivity (Wildman–Crippen MR) is 165 cm³/mol. The highest BCUT2D eigenvalue weighted by molar-refractivity contribution is 5.92. The van der Waals surface area contributed by atoms with Crippen LogP contribution in [0, 0.1) is 11.3 Å². The van der Waals surface area contributed by atoms with Crippen molar-refractivity contribution >= 4 is 40.6 Å². The van der Waals surface area contributed by atoms with Gasteiger partial charge in [0.2, 0.25) is 17.7 Å². The van der Waals surface area contributed by atoms with Crippen LogP contribution in [0.4, 0.5) is 0 Å². The monoisotopic (exact) mass is 588 g/mol. The molecule has 0 spiro atoms. The zero-order valence-electron chi connectivity index (χ0n) is 25.9. The molecule has 2 saturated heterocycles. The molecule has 3 aliphatic heterocycles. The standard InChI is InChI=1S/C33H44N6O4/c1-20(2)29-30(41)34-21(3)31(42)39-17-6-8-25(37-39)32(43)38-16-7-9-27(38)24-13-12-23-11-10-22(18-26(23)35-24)14-15-33(4,5)19-28(40)36-29/h10-15,18,20-21,25,27,29,37H,6-9,16-17,19H2,1-5H3,(H,34,41)(H,36,40)/b15-14+/t21-,25-,27+,29-/m0/s1. The molecule has 2 aromatic rings. The molecule has 3 aliphatic rings. The van der Waals surface area contributed by atoms with E-state index in [1.807, 2.05) is 69.0 Å². The van der Waals surface area contributed by atoms with Gasteiger partial charge in [0.15, 0.2) is 0 Å². The van der Waals surface area contributed by atoms with Crippen molar-refractivity contribution in [3.63, 3.8) is 0 Å². The Morgan fingerprint density at radius 3 is 2.47 bits per heavy atom. The van der Waals surface area contributed by atoms with Crippen LogP contribution in [-0.4, -0.2) is 69.7 Å². The quantitative estimate of drug-likeness (QED) is 0.469. The molecule has 4 amide bonds. The zero-order valence-corrected chi connectivity index (χ0v) is 25.9. The van der Waals surface area contributed by atoms with Gasteiger partial charge in [-0.25, -0.2) is 5.43 Å². The zero-order chi connectivity index (χ0) is 30.9. The van der Waals surface area contributed by atoms with E-state index in [9.17, 15) is 19.2 Å². The predicted octanol–water partition coefficient (Wildman–Crippen LogP) is 3.48. The number of carbonyl (C=O) groups excluding carboxylic acids is 4. The molecule has 10 nitrogen and oxygen atoms in total. The molecule has 0 saturated carbocycles. The summed E-state index contributed by atoms with van der Waals surface area (Å²) in [4.78, 5) is 60.5. The van der Waals surface area contributed by atoms with E-state index in [0.29, 0.717) is 25.9 Å². The molecular weight excluding hydrogens is 544 g/mol. The molecule has 4 heterocycles. The smallest absolute Gasteiger partial charge is 0.258 e. The van der Waals surface area contributed by atoms with Crippen LogP contribution < -0.4 is 16.1 Å². The average molecular weight is 589 g/mol. The fourth-order valence-corrected chi connectivity index (χ4v) is 6.25. The summed E-state index contributed by atoms with van der Waals surface area (Å²) in [5, 5.41) is 8.16. The van der Waals surface area contributed by atoms with Crippen LogP contribution in [0.25, 0.3) is 17.0 Å². The van der Waals surface area contributed by atoms with Crippen LogP contribution in [0.5, 0.6) is 0 Å². The van der Waals surface area contributed by atoms with E-state index in [2.05, 4.69) is 22.1 Å². The van der Waals surface area contributed by atoms with E-state index in [0.717, 1.165) is 35.0 Å². The number of carbonyl (C=O) groups is 4. The first-order valence-corrected chi connectivity index (χ1v) is 15.5. The fourth-order valence-electron chi connectivity index (χ4n) is 6.25. The van der Waals surface area contributed by atoms with Crippen LogP contribution in [0.2, 0.25) is 0 Å². The lowest BCUT2D eigenvalue weighted by molar-refractivity contribution is -0.146. The van der Waals surface area contributed by atoms with Crippen molar-refractivity contribution in [2.45, 2.75) is 90.9 Å². The molecule has 230 valence electrons. The first-order valence-electron chi connectivity index (χ1n) is 15.5. The van der Waals surface area contributed by atoms with Crippen molar-refractivity contribution in [2.24, 2.45) is 11.3 Å². The van der Waals surface area contributed by atoms with Crippen LogP contribution in [0.3, 0.4) is 0 Å². The van der Waals surface area contributed by atoms with Gasteiger partial charge in [-0.2, -0.15) is 0 Å². The Morgan fingerprint density at radius 1 is 0.953 bits per heavy atom. The molecule has 2 fully saturated rings. The van der Waals surface area contributed by atoms with Gasteiger partial charge in [-0.05, 0) is 61.6 Å². The summed E-state index contributed by atoms with van der Waals surface area (Å²) in [6.07, 6.45) is 7.19. The van der Waals surface area contributed by atoms with Crippen LogP contribution in [0.1, 0.15) is 84.0 Å². The minimum Gasteiger partial charge on any atom is -0.344 e. The number of rotatable bonds is 1. The van der Waals surface area contributed by atoms with Crippen molar-refractivity contribution in [3.8, 4) is 0 Å². The molecule has 5 rings (SSSR count). The topological polar surface area (TPSA) is 124 Å². The summed E-state index contributed by atoms with van der Waals surface area (Å²) >= 11 is 0. The van der Waals surface area contributed by atoms with Gasteiger partial charge in [-0.3, -0.25) is 29.2 Å². The van der Waals surface area contributed by atoms with Crippen LogP contribution in [-0.2, 0) is 19.2 Å². The van der Waals surface area contributed by atoms with Crippen LogP contribution >= 0.6 is 0 Å². The number of hydrogen-bond donors (Lipinski definition) is 3. The minimum absolute atomic E-state index is 0.0396. The molecule has 0 unspecified atom stereocenters. The summed E-state index contributed by atoms with van der Waals surface area (Å²) in [6, 6.07) is 7.85. The lowest BCUT2D eigenvalue weighted by atomic mass is 9.87. The maximum atomic E-state index is 13.8. The third-order valence-corrected chi connectivity index (χ3v) is 8.70. The highest BCUT2D eigenvalue weighted by atomic mass is 16.2. The Balaban J connectivity index is 1.50. The summed E-state index contributed by atoms with van der Waals surface area (Å²) in [6.45, 7) is 10.4. The Kier molecular flexibility index (Phi) is 8.87. The third-order valence-electron chi connectivity index (χ3n) is 8.70.